The van der Waals surface area contributed by atoms with Crippen LogP contribution in [0.15, 0.2) is 24.3 Å². The van der Waals surface area contributed by atoms with Gasteiger partial charge in [-0.15, -0.1) is 6.58 Å². The van der Waals surface area contributed by atoms with E-state index in [0.29, 0.717) is 6.42 Å². The van der Waals surface area contributed by atoms with Gasteiger partial charge in [0.2, 0.25) is 0 Å². The third-order valence-electron chi connectivity index (χ3n) is 4.38. The minimum Gasteiger partial charge on any atom is -0.481 e. The van der Waals surface area contributed by atoms with E-state index in [1.807, 2.05) is 0 Å². The highest BCUT2D eigenvalue weighted by Crippen LogP contribution is 2.50. The lowest BCUT2D eigenvalue weighted by atomic mass is 9.92. The summed E-state index contributed by atoms with van der Waals surface area (Å²) in [7, 11) is 0. The van der Waals surface area contributed by atoms with Gasteiger partial charge in [-0.1, -0.05) is 17.7 Å². The Bertz CT molecular complexity index is 330. The van der Waals surface area contributed by atoms with Crippen molar-refractivity contribution < 1.29 is 9.90 Å². The van der Waals surface area contributed by atoms with E-state index in [0.717, 1.165) is 30.6 Å². The summed E-state index contributed by atoms with van der Waals surface area (Å²) in [6.45, 7) is 3.94. The van der Waals surface area contributed by atoms with E-state index in [2.05, 4.69) is 18.7 Å². The summed E-state index contributed by atoms with van der Waals surface area (Å²) in [4.78, 5) is 10.4. The monoisotopic (exact) mass is 234 g/mol. The van der Waals surface area contributed by atoms with Crippen molar-refractivity contribution in [2.24, 2.45) is 17.8 Å². The minimum atomic E-state index is -0.682. The van der Waals surface area contributed by atoms with Crippen molar-refractivity contribution in [1.29, 1.82) is 0 Å². The van der Waals surface area contributed by atoms with Gasteiger partial charge in [-0.2, -0.15) is 0 Å². The molecule has 1 N–H and O–H groups in total. The molecule has 2 fully saturated rings. The van der Waals surface area contributed by atoms with Crippen molar-refractivity contribution in [3.8, 4) is 0 Å². The van der Waals surface area contributed by atoms with Crippen molar-refractivity contribution in [3.63, 3.8) is 0 Å². The second kappa shape index (κ2) is 5.52. The van der Waals surface area contributed by atoms with Crippen LogP contribution in [-0.2, 0) is 4.79 Å². The maximum atomic E-state index is 10.4. The zero-order valence-electron chi connectivity index (χ0n) is 10.4. The molecule has 2 saturated carbocycles. The van der Waals surface area contributed by atoms with Crippen molar-refractivity contribution in [2.45, 2.75) is 44.9 Å². The fourth-order valence-electron chi connectivity index (χ4n) is 3.50. The smallest absolute Gasteiger partial charge is 0.303 e. The summed E-state index contributed by atoms with van der Waals surface area (Å²) in [5, 5.41) is 8.57. The molecule has 3 atom stereocenters. The predicted molar refractivity (Wildman–Crippen MR) is 68.7 cm³/mol. The number of carboxylic acids is 1. The van der Waals surface area contributed by atoms with E-state index in [4.69, 9.17) is 5.11 Å². The Hall–Kier alpha value is -1.05. The van der Waals surface area contributed by atoms with Gasteiger partial charge in [0, 0.05) is 6.42 Å². The third-order valence-corrected chi connectivity index (χ3v) is 4.38. The number of aliphatic carboxylic acids is 1. The molecule has 0 aliphatic heterocycles. The minimum absolute atomic E-state index is 0.298. The number of hydrogen-bond acceptors (Lipinski definition) is 1. The molecule has 2 aliphatic rings. The zero-order valence-corrected chi connectivity index (χ0v) is 10.4. The molecule has 17 heavy (non-hydrogen) atoms. The Morgan fingerprint density at radius 1 is 1.41 bits per heavy atom. The first-order valence-electron chi connectivity index (χ1n) is 6.73. The van der Waals surface area contributed by atoms with Gasteiger partial charge in [0.25, 0.3) is 0 Å². The Kier molecular flexibility index (Phi) is 4.03. The molecular formula is C15H22O2. The molecule has 0 radical (unpaired) electrons. The normalized spacial score (nSPS) is 33.9. The van der Waals surface area contributed by atoms with E-state index in [-0.39, 0.29) is 0 Å². The molecule has 2 rings (SSSR count). The highest BCUT2D eigenvalue weighted by Gasteiger charge is 2.39. The predicted octanol–water partition coefficient (Wildman–Crippen LogP) is 3.79. The van der Waals surface area contributed by atoms with Crippen LogP contribution in [0.2, 0.25) is 0 Å². The average Bonchev–Trinajstić information content (AvgIpc) is 2.83. The van der Waals surface area contributed by atoms with Crippen molar-refractivity contribution in [2.75, 3.05) is 0 Å². The largest absolute Gasteiger partial charge is 0.481 e. The molecule has 2 nitrogen and oxygen atoms in total. The SMILES string of the molecule is C=C[C@H]1CCC2C/C(=C\CCCC(=O)O)C[C@@H]21. The molecule has 0 aromatic carbocycles. The lowest BCUT2D eigenvalue weighted by molar-refractivity contribution is -0.137. The van der Waals surface area contributed by atoms with Crippen LogP contribution >= 0.6 is 0 Å². The summed E-state index contributed by atoms with van der Waals surface area (Å²) in [5.74, 6) is 1.75. The standard InChI is InChI=1S/C15H22O2/c1-2-12-7-8-13-9-11(10-14(12)13)5-3-4-6-15(16)17/h2,5,12-14H,1,3-4,6-10H2,(H,16,17)/b11-5+/t12-,13?,14+/m0/s1. The molecule has 0 heterocycles. The van der Waals surface area contributed by atoms with Crippen molar-refractivity contribution >= 4 is 5.97 Å². The number of allylic oxidation sites excluding steroid dienone is 3. The topological polar surface area (TPSA) is 37.3 Å². The van der Waals surface area contributed by atoms with Crippen LogP contribution in [0.5, 0.6) is 0 Å². The average molecular weight is 234 g/mol. The maximum absolute atomic E-state index is 10.4. The molecule has 0 spiro atoms. The fraction of sp³-hybridized carbons (Fsp3) is 0.667. The van der Waals surface area contributed by atoms with E-state index in [9.17, 15) is 4.79 Å². The first-order valence-corrected chi connectivity index (χ1v) is 6.73. The van der Waals surface area contributed by atoms with Crippen molar-refractivity contribution in [3.05, 3.63) is 24.3 Å². The number of carbonyl (C=O) groups is 1. The molecule has 2 aliphatic carbocycles. The Morgan fingerprint density at radius 3 is 2.94 bits per heavy atom. The Balaban J connectivity index is 1.79. The van der Waals surface area contributed by atoms with Crippen LogP contribution in [0, 0.1) is 17.8 Å². The highest BCUT2D eigenvalue weighted by molar-refractivity contribution is 5.66. The number of carboxylic acid groups (broad SMARTS) is 1. The van der Waals surface area contributed by atoms with Crippen LogP contribution in [-0.4, -0.2) is 11.1 Å². The molecule has 0 aromatic heterocycles. The lowest BCUT2D eigenvalue weighted by Crippen LogP contribution is -2.05. The number of unbranched alkanes of at least 4 members (excludes halogenated alkanes) is 1. The second-order valence-corrected chi connectivity index (χ2v) is 5.46. The van der Waals surface area contributed by atoms with Gasteiger partial charge in [-0.05, 0) is 56.3 Å². The molecule has 0 aromatic rings. The molecule has 0 bridgehead atoms. The number of hydrogen-bond donors (Lipinski definition) is 1. The summed E-state index contributed by atoms with van der Waals surface area (Å²) < 4.78 is 0. The van der Waals surface area contributed by atoms with Crippen molar-refractivity contribution in [1.82, 2.24) is 0 Å². The molecule has 0 amide bonds. The molecule has 2 heteroatoms. The van der Waals surface area contributed by atoms with Crippen LogP contribution in [0.25, 0.3) is 0 Å². The van der Waals surface area contributed by atoms with E-state index < -0.39 is 5.97 Å². The van der Waals surface area contributed by atoms with Crippen LogP contribution < -0.4 is 0 Å². The number of rotatable bonds is 5. The van der Waals surface area contributed by atoms with Crippen LogP contribution in [0.4, 0.5) is 0 Å². The van der Waals surface area contributed by atoms with Gasteiger partial charge in [0.15, 0.2) is 0 Å². The summed E-state index contributed by atoms with van der Waals surface area (Å²) >= 11 is 0. The summed E-state index contributed by atoms with van der Waals surface area (Å²) in [5.41, 5.74) is 1.57. The zero-order chi connectivity index (χ0) is 12.3. The van der Waals surface area contributed by atoms with Gasteiger partial charge in [-0.25, -0.2) is 0 Å². The number of fused-ring (bicyclic) bond motifs is 1. The van der Waals surface area contributed by atoms with Gasteiger partial charge in [-0.3, -0.25) is 4.79 Å². The Morgan fingerprint density at radius 2 is 2.24 bits per heavy atom. The highest BCUT2D eigenvalue weighted by atomic mass is 16.4. The van der Waals surface area contributed by atoms with E-state index in [1.54, 1.807) is 5.57 Å². The molecular weight excluding hydrogens is 212 g/mol. The van der Waals surface area contributed by atoms with Crippen LogP contribution in [0.3, 0.4) is 0 Å². The van der Waals surface area contributed by atoms with Crippen LogP contribution in [0.1, 0.15) is 44.9 Å². The molecule has 0 saturated heterocycles. The first kappa shape index (κ1) is 12.4. The van der Waals surface area contributed by atoms with Gasteiger partial charge >= 0.3 is 5.97 Å². The first-order chi connectivity index (χ1) is 8.20. The van der Waals surface area contributed by atoms with E-state index >= 15 is 0 Å². The van der Waals surface area contributed by atoms with Gasteiger partial charge < -0.3 is 5.11 Å². The fourth-order valence-corrected chi connectivity index (χ4v) is 3.50. The summed E-state index contributed by atoms with van der Waals surface area (Å²) in [6, 6.07) is 0. The van der Waals surface area contributed by atoms with E-state index in [1.165, 1.54) is 25.7 Å². The second-order valence-electron chi connectivity index (χ2n) is 5.46. The maximum Gasteiger partial charge on any atom is 0.303 e. The Labute approximate surface area is 103 Å². The molecule has 94 valence electrons. The summed E-state index contributed by atoms with van der Waals surface area (Å²) in [6.07, 6.45) is 11.6. The lowest BCUT2D eigenvalue weighted by Gasteiger charge is -2.13. The molecule has 1 unspecified atom stereocenters. The van der Waals surface area contributed by atoms with Gasteiger partial charge in [0.05, 0.1) is 0 Å². The quantitative estimate of drug-likeness (QED) is 0.580. The third kappa shape index (κ3) is 2.99. The van der Waals surface area contributed by atoms with Gasteiger partial charge in [0.1, 0.15) is 0 Å².